The zero-order valence-electron chi connectivity index (χ0n) is 18.1. The van der Waals surface area contributed by atoms with E-state index in [-0.39, 0.29) is 6.61 Å². The van der Waals surface area contributed by atoms with Crippen molar-refractivity contribution >= 4 is 0 Å². The van der Waals surface area contributed by atoms with Gasteiger partial charge in [0.05, 0.1) is 13.2 Å². The summed E-state index contributed by atoms with van der Waals surface area (Å²) >= 11 is 0. The van der Waals surface area contributed by atoms with Crippen molar-refractivity contribution in [1.82, 2.24) is 0 Å². The molecule has 7 heteroatoms. The molecule has 0 heterocycles. The van der Waals surface area contributed by atoms with Gasteiger partial charge in [-0.15, -0.1) is 0 Å². The summed E-state index contributed by atoms with van der Waals surface area (Å²) in [7, 11) is 0. The smallest absolute Gasteiger partial charge is 0.111 e. The molecule has 0 fully saturated rings. The summed E-state index contributed by atoms with van der Waals surface area (Å²) in [5.41, 5.74) is 0. The molecule has 0 aliphatic rings. The summed E-state index contributed by atoms with van der Waals surface area (Å²) in [5, 5.41) is 55.6. The van der Waals surface area contributed by atoms with Crippen LogP contribution in [-0.2, 0) is 4.74 Å². The summed E-state index contributed by atoms with van der Waals surface area (Å²) < 4.78 is 5.32. The van der Waals surface area contributed by atoms with E-state index in [1.54, 1.807) is 0 Å². The first-order valence-electron chi connectivity index (χ1n) is 11.6. The number of rotatable bonds is 22. The quantitative estimate of drug-likeness (QED) is 0.147. The van der Waals surface area contributed by atoms with E-state index in [1.165, 1.54) is 64.2 Å². The zero-order chi connectivity index (χ0) is 21.7. The Morgan fingerprint density at radius 1 is 0.483 bits per heavy atom. The molecule has 0 unspecified atom stereocenters. The highest BCUT2D eigenvalue weighted by molar-refractivity contribution is 4.80. The van der Waals surface area contributed by atoms with Gasteiger partial charge < -0.3 is 35.4 Å². The maximum absolute atomic E-state index is 9.72. The number of unbranched alkanes of at least 4 members (excludes halogenated alkanes) is 13. The molecule has 4 atom stereocenters. The lowest BCUT2D eigenvalue weighted by atomic mass is 10.0. The van der Waals surface area contributed by atoms with Gasteiger partial charge in [-0.2, -0.15) is 0 Å². The Bertz CT molecular complexity index is 330. The van der Waals surface area contributed by atoms with E-state index < -0.39 is 31.0 Å². The second kappa shape index (κ2) is 21.0. The SMILES string of the molecule is OCCCCCCCCCCCCCCCCOC[C@@H](O)[C@@H](O)[C@H](O)[C@H](O)CO. The van der Waals surface area contributed by atoms with Crippen molar-refractivity contribution in [2.24, 2.45) is 0 Å². The minimum Gasteiger partial charge on any atom is -0.396 e. The second-order valence-electron chi connectivity index (χ2n) is 8.05. The zero-order valence-corrected chi connectivity index (χ0v) is 18.1. The minimum absolute atomic E-state index is 0.113. The predicted molar refractivity (Wildman–Crippen MR) is 114 cm³/mol. The van der Waals surface area contributed by atoms with Crippen LogP contribution in [-0.4, -0.2) is 81.5 Å². The average Bonchev–Trinajstić information content (AvgIpc) is 2.73. The summed E-state index contributed by atoms with van der Waals surface area (Å²) in [4.78, 5) is 0. The van der Waals surface area contributed by atoms with Crippen molar-refractivity contribution in [2.45, 2.75) is 114 Å². The largest absolute Gasteiger partial charge is 0.396 e. The highest BCUT2D eigenvalue weighted by Gasteiger charge is 2.29. The highest BCUT2D eigenvalue weighted by atomic mass is 16.5. The van der Waals surface area contributed by atoms with Gasteiger partial charge in [0, 0.05) is 13.2 Å². The first kappa shape index (κ1) is 28.7. The number of ether oxygens (including phenoxy) is 1. The maximum Gasteiger partial charge on any atom is 0.111 e. The van der Waals surface area contributed by atoms with Crippen LogP contribution in [0, 0.1) is 0 Å². The highest BCUT2D eigenvalue weighted by Crippen LogP contribution is 2.13. The summed E-state index contributed by atoms with van der Waals surface area (Å²) in [6, 6.07) is 0. The van der Waals surface area contributed by atoms with Gasteiger partial charge in [-0.3, -0.25) is 0 Å². The topological polar surface area (TPSA) is 131 Å². The Balaban J connectivity index is 3.31. The van der Waals surface area contributed by atoms with E-state index in [0.29, 0.717) is 13.2 Å². The van der Waals surface area contributed by atoms with Crippen LogP contribution in [0.4, 0.5) is 0 Å². The van der Waals surface area contributed by atoms with Gasteiger partial charge in [0.2, 0.25) is 0 Å². The van der Waals surface area contributed by atoms with E-state index in [9.17, 15) is 20.4 Å². The lowest BCUT2D eigenvalue weighted by Gasteiger charge is -2.25. The predicted octanol–water partition coefficient (Wildman–Crippen LogP) is 1.89. The van der Waals surface area contributed by atoms with E-state index >= 15 is 0 Å². The molecule has 29 heavy (non-hydrogen) atoms. The van der Waals surface area contributed by atoms with E-state index in [4.69, 9.17) is 14.9 Å². The van der Waals surface area contributed by atoms with Crippen LogP contribution in [0.25, 0.3) is 0 Å². The van der Waals surface area contributed by atoms with Crippen LogP contribution in [0.3, 0.4) is 0 Å². The number of hydrogen-bond donors (Lipinski definition) is 6. The fourth-order valence-corrected chi connectivity index (χ4v) is 3.30. The molecule has 0 aromatic rings. The van der Waals surface area contributed by atoms with Gasteiger partial charge in [-0.25, -0.2) is 0 Å². The van der Waals surface area contributed by atoms with Gasteiger partial charge in [-0.05, 0) is 12.8 Å². The van der Waals surface area contributed by atoms with Crippen molar-refractivity contribution in [3.05, 3.63) is 0 Å². The van der Waals surface area contributed by atoms with Gasteiger partial charge in [-0.1, -0.05) is 77.0 Å². The number of hydrogen-bond acceptors (Lipinski definition) is 7. The summed E-state index contributed by atoms with van der Waals surface area (Å²) in [6.07, 6.45) is 10.9. The Morgan fingerprint density at radius 3 is 1.28 bits per heavy atom. The number of aliphatic hydroxyl groups excluding tert-OH is 6. The molecule has 0 amide bonds. The molecule has 0 aromatic heterocycles. The first-order valence-corrected chi connectivity index (χ1v) is 11.6. The fourth-order valence-electron chi connectivity index (χ4n) is 3.30. The van der Waals surface area contributed by atoms with Gasteiger partial charge in [0.15, 0.2) is 0 Å². The Morgan fingerprint density at radius 2 is 0.862 bits per heavy atom. The molecule has 0 spiro atoms. The first-order chi connectivity index (χ1) is 14.0. The molecule has 0 saturated heterocycles. The van der Waals surface area contributed by atoms with Crippen LogP contribution < -0.4 is 0 Å². The van der Waals surface area contributed by atoms with Gasteiger partial charge in [0.1, 0.15) is 24.4 Å². The van der Waals surface area contributed by atoms with Crippen LogP contribution in [0.5, 0.6) is 0 Å². The van der Waals surface area contributed by atoms with Crippen LogP contribution in [0.15, 0.2) is 0 Å². The number of aliphatic hydroxyl groups is 6. The molecular weight excluding hydrogens is 376 g/mol. The van der Waals surface area contributed by atoms with Crippen LogP contribution in [0.2, 0.25) is 0 Å². The van der Waals surface area contributed by atoms with Crippen molar-refractivity contribution in [2.75, 3.05) is 26.4 Å². The fraction of sp³-hybridized carbons (Fsp3) is 1.00. The average molecular weight is 423 g/mol. The molecule has 7 nitrogen and oxygen atoms in total. The molecule has 0 rings (SSSR count). The van der Waals surface area contributed by atoms with E-state index in [0.717, 1.165) is 25.7 Å². The molecule has 0 aromatic carbocycles. The summed E-state index contributed by atoms with van der Waals surface area (Å²) in [6.45, 7) is 0.0136. The normalized spacial score (nSPS) is 15.9. The molecule has 0 radical (unpaired) electrons. The molecule has 176 valence electrons. The van der Waals surface area contributed by atoms with Crippen molar-refractivity contribution in [3.63, 3.8) is 0 Å². The van der Waals surface area contributed by atoms with Crippen molar-refractivity contribution in [3.8, 4) is 0 Å². The van der Waals surface area contributed by atoms with E-state index in [2.05, 4.69) is 0 Å². The van der Waals surface area contributed by atoms with Gasteiger partial charge >= 0.3 is 0 Å². The molecule has 0 saturated carbocycles. The van der Waals surface area contributed by atoms with Crippen LogP contribution in [0.1, 0.15) is 89.9 Å². The lowest BCUT2D eigenvalue weighted by molar-refractivity contribution is -0.129. The van der Waals surface area contributed by atoms with Crippen molar-refractivity contribution in [1.29, 1.82) is 0 Å². The van der Waals surface area contributed by atoms with E-state index in [1.807, 2.05) is 0 Å². The summed E-state index contributed by atoms with van der Waals surface area (Å²) in [5.74, 6) is 0. The molecular formula is C22H46O7. The monoisotopic (exact) mass is 422 g/mol. The third-order valence-electron chi connectivity index (χ3n) is 5.31. The maximum atomic E-state index is 9.72. The Labute approximate surface area is 176 Å². The standard InChI is InChI=1S/C22H46O7/c23-15-13-11-9-7-5-3-1-2-4-6-8-10-12-14-16-29-18-20(26)22(28)21(27)19(25)17-24/h19-28H,1-18H2/t19-,20-,21-,22-/m1/s1. The molecule has 0 bridgehead atoms. The van der Waals surface area contributed by atoms with Crippen LogP contribution >= 0.6 is 0 Å². The molecule has 0 aliphatic carbocycles. The van der Waals surface area contributed by atoms with Gasteiger partial charge in [0.25, 0.3) is 0 Å². The Kier molecular flexibility index (Phi) is 20.8. The van der Waals surface area contributed by atoms with Crippen molar-refractivity contribution < 1.29 is 35.4 Å². The Hall–Kier alpha value is -0.280. The molecule has 0 aliphatic heterocycles. The third-order valence-corrected chi connectivity index (χ3v) is 5.31. The minimum atomic E-state index is -1.60. The second-order valence-corrected chi connectivity index (χ2v) is 8.05. The lowest BCUT2D eigenvalue weighted by Crippen LogP contribution is -2.47. The third kappa shape index (κ3) is 17.1. The molecule has 6 N–H and O–H groups in total.